The molecule has 0 spiro atoms. The summed E-state index contributed by atoms with van der Waals surface area (Å²) in [5, 5.41) is 2.95. The van der Waals surface area contributed by atoms with Gasteiger partial charge in [-0.15, -0.1) is 0 Å². The smallest absolute Gasteiger partial charge is 0.241 e. The number of hydrogen-bond donors (Lipinski definition) is 2. The number of ether oxygens (including phenoxy) is 2. The molecule has 4 atom stereocenters. The zero-order valence-electron chi connectivity index (χ0n) is 13.1. The Hall–Kier alpha value is -0.650. The van der Waals surface area contributed by atoms with Crippen molar-refractivity contribution in [2.24, 2.45) is 17.1 Å². The molecule has 1 saturated carbocycles. The third kappa shape index (κ3) is 2.26. The Morgan fingerprint density at radius 2 is 2.25 bits per heavy atom. The predicted octanol–water partition coefficient (Wildman–Crippen LogP) is 1.06. The van der Waals surface area contributed by atoms with Gasteiger partial charge >= 0.3 is 0 Å². The van der Waals surface area contributed by atoms with Gasteiger partial charge in [-0.1, -0.05) is 13.8 Å². The van der Waals surface area contributed by atoms with Crippen LogP contribution >= 0.6 is 0 Å². The molecule has 1 amide bonds. The first-order chi connectivity index (χ1) is 9.35. The SMILES string of the molecule is CCOC(C)CNC(=O)C1(N)C2CCCOC2C1(C)C. The molecule has 5 nitrogen and oxygen atoms in total. The van der Waals surface area contributed by atoms with E-state index in [9.17, 15) is 4.79 Å². The number of rotatable bonds is 5. The minimum Gasteiger partial charge on any atom is -0.377 e. The van der Waals surface area contributed by atoms with Gasteiger partial charge in [-0.05, 0) is 26.7 Å². The van der Waals surface area contributed by atoms with E-state index in [1.54, 1.807) is 0 Å². The van der Waals surface area contributed by atoms with Gasteiger partial charge in [-0.25, -0.2) is 0 Å². The number of hydrogen-bond acceptors (Lipinski definition) is 4. The molecule has 20 heavy (non-hydrogen) atoms. The zero-order chi connectivity index (χ0) is 15.0. The summed E-state index contributed by atoms with van der Waals surface area (Å²) in [6.07, 6.45) is 2.07. The van der Waals surface area contributed by atoms with E-state index in [0.717, 1.165) is 19.4 Å². The first-order valence-corrected chi connectivity index (χ1v) is 7.66. The zero-order valence-corrected chi connectivity index (χ0v) is 13.1. The van der Waals surface area contributed by atoms with Crippen molar-refractivity contribution < 1.29 is 14.3 Å². The number of nitrogens with two attached hydrogens (primary N) is 1. The first-order valence-electron chi connectivity index (χ1n) is 7.66. The summed E-state index contributed by atoms with van der Waals surface area (Å²) >= 11 is 0. The summed E-state index contributed by atoms with van der Waals surface area (Å²) in [4.78, 5) is 12.6. The summed E-state index contributed by atoms with van der Waals surface area (Å²) in [6.45, 7) is 9.89. The molecule has 3 N–H and O–H groups in total. The van der Waals surface area contributed by atoms with E-state index in [1.807, 2.05) is 27.7 Å². The van der Waals surface area contributed by atoms with Crippen LogP contribution in [-0.4, -0.2) is 43.4 Å². The fourth-order valence-corrected chi connectivity index (χ4v) is 3.76. The van der Waals surface area contributed by atoms with Gasteiger partial charge in [0.15, 0.2) is 0 Å². The summed E-state index contributed by atoms with van der Waals surface area (Å²) in [5.74, 6) is 0.0643. The molecule has 2 aliphatic rings. The quantitative estimate of drug-likeness (QED) is 0.792. The van der Waals surface area contributed by atoms with Gasteiger partial charge in [-0.3, -0.25) is 4.79 Å². The van der Waals surface area contributed by atoms with Crippen LogP contribution < -0.4 is 11.1 Å². The maximum Gasteiger partial charge on any atom is 0.241 e. The van der Waals surface area contributed by atoms with Gasteiger partial charge in [0.1, 0.15) is 5.54 Å². The van der Waals surface area contributed by atoms with Crippen LogP contribution in [0.2, 0.25) is 0 Å². The molecule has 1 saturated heterocycles. The van der Waals surface area contributed by atoms with E-state index in [2.05, 4.69) is 5.32 Å². The minimum absolute atomic E-state index is 0.00846. The van der Waals surface area contributed by atoms with Crippen molar-refractivity contribution in [3.63, 3.8) is 0 Å². The van der Waals surface area contributed by atoms with Crippen molar-refractivity contribution in [3.05, 3.63) is 0 Å². The standard InChI is InChI=1S/C15H28N2O3/c1-5-19-10(2)9-17-13(18)15(16)11-7-6-8-20-12(11)14(15,3)4/h10-12H,5-9,16H2,1-4H3,(H,17,18). The summed E-state index contributed by atoms with van der Waals surface area (Å²) < 4.78 is 11.3. The van der Waals surface area contributed by atoms with Gasteiger partial charge < -0.3 is 20.5 Å². The molecule has 2 fully saturated rings. The molecular formula is C15H28N2O3. The Bertz CT molecular complexity index is 372. The summed E-state index contributed by atoms with van der Waals surface area (Å²) in [6, 6.07) is 0. The van der Waals surface area contributed by atoms with Gasteiger partial charge in [0.25, 0.3) is 0 Å². The van der Waals surface area contributed by atoms with E-state index >= 15 is 0 Å². The topological polar surface area (TPSA) is 73.6 Å². The average Bonchev–Trinajstić information content (AvgIpc) is 2.44. The number of amides is 1. The average molecular weight is 284 g/mol. The molecule has 0 bridgehead atoms. The molecule has 4 unspecified atom stereocenters. The number of fused-ring (bicyclic) bond motifs is 1. The molecule has 0 aromatic carbocycles. The molecule has 0 aromatic heterocycles. The molecular weight excluding hydrogens is 256 g/mol. The van der Waals surface area contributed by atoms with Crippen LogP contribution in [0.5, 0.6) is 0 Å². The van der Waals surface area contributed by atoms with Crippen LogP contribution in [-0.2, 0) is 14.3 Å². The molecule has 1 aliphatic heterocycles. The third-order valence-corrected chi connectivity index (χ3v) is 5.06. The molecule has 1 aliphatic carbocycles. The van der Waals surface area contributed by atoms with Gasteiger partial charge in [-0.2, -0.15) is 0 Å². The molecule has 1 heterocycles. The molecule has 5 heteroatoms. The van der Waals surface area contributed by atoms with E-state index in [4.69, 9.17) is 15.2 Å². The highest BCUT2D eigenvalue weighted by Crippen LogP contribution is 2.57. The first kappa shape index (κ1) is 15.7. The highest BCUT2D eigenvalue weighted by molar-refractivity contribution is 5.89. The highest BCUT2D eigenvalue weighted by atomic mass is 16.5. The highest BCUT2D eigenvalue weighted by Gasteiger charge is 2.70. The van der Waals surface area contributed by atoms with E-state index in [-0.39, 0.29) is 29.4 Å². The van der Waals surface area contributed by atoms with Crippen LogP contribution in [0.4, 0.5) is 0 Å². The van der Waals surface area contributed by atoms with E-state index < -0.39 is 5.54 Å². The predicted molar refractivity (Wildman–Crippen MR) is 77.3 cm³/mol. The second kappa shape index (κ2) is 5.62. The lowest BCUT2D eigenvalue weighted by Gasteiger charge is -2.65. The Labute approximate surface area is 121 Å². The van der Waals surface area contributed by atoms with E-state index in [0.29, 0.717) is 13.2 Å². The monoisotopic (exact) mass is 284 g/mol. The fourth-order valence-electron chi connectivity index (χ4n) is 3.76. The maximum atomic E-state index is 12.6. The second-order valence-corrected chi connectivity index (χ2v) is 6.61. The minimum atomic E-state index is -0.829. The second-order valence-electron chi connectivity index (χ2n) is 6.61. The normalized spacial score (nSPS) is 36.6. The lowest BCUT2D eigenvalue weighted by molar-refractivity contribution is -0.225. The van der Waals surface area contributed by atoms with Crippen molar-refractivity contribution in [1.29, 1.82) is 0 Å². The van der Waals surface area contributed by atoms with Gasteiger partial charge in [0, 0.05) is 31.1 Å². The van der Waals surface area contributed by atoms with Crippen molar-refractivity contribution in [2.75, 3.05) is 19.8 Å². The fraction of sp³-hybridized carbons (Fsp3) is 0.933. The number of carbonyl (C=O) groups excluding carboxylic acids is 1. The Morgan fingerprint density at radius 3 is 2.90 bits per heavy atom. The van der Waals surface area contributed by atoms with E-state index in [1.165, 1.54) is 0 Å². The summed E-state index contributed by atoms with van der Waals surface area (Å²) in [5.41, 5.74) is 5.35. The van der Waals surface area contributed by atoms with Gasteiger partial charge in [0.05, 0.1) is 12.2 Å². The van der Waals surface area contributed by atoms with Crippen LogP contribution in [0, 0.1) is 11.3 Å². The lowest BCUT2D eigenvalue weighted by Crippen LogP contribution is -2.82. The molecule has 0 aromatic rings. The van der Waals surface area contributed by atoms with Crippen molar-refractivity contribution in [2.45, 2.75) is 58.3 Å². The van der Waals surface area contributed by atoms with Crippen molar-refractivity contribution in [3.8, 4) is 0 Å². The summed E-state index contributed by atoms with van der Waals surface area (Å²) in [7, 11) is 0. The Kier molecular flexibility index (Phi) is 4.42. The van der Waals surface area contributed by atoms with Crippen LogP contribution in [0.25, 0.3) is 0 Å². The van der Waals surface area contributed by atoms with Crippen LogP contribution in [0.3, 0.4) is 0 Å². The molecule has 0 radical (unpaired) electrons. The lowest BCUT2D eigenvalue weighted by atomic mass is 9.46. The number of carbonyl (C=O) groups is 1. The Balaban J connectivity index is 2.00. The van der Waals surface area contributed by atoms with Crippen LogP contribution in [0.15, 0.2) is 0 Å². The van der Waals surface area contributed by atoms with Crippen molar-refractivity contribution in [1.82, 2.24) is 5.32 Å². The Morgan fingerprint density at radius 1 is 1.55 bits per heavy atom. The maximum absolute atomic E-state index is 12.6. The molecule has 116 valence electrons. The number of nitrogens with one attached hydrogen (secondary N) is 1. The van der Waals surface area contributed by atoms with Crippen molar-refractivity contribution >= 4 is 5.91 Å². The largest absolute Gasteiger partial charge is 0.377 e. The van der Waals surface area contributed by atoms with Gasteiger partial charge in [0.2, 0.25) is 5.91 Å². The molecule has 2 rings (SSSR count). The third-order valence-electron chi connectivity index (χ3n) is 5.06. The van der Waals surface area contributed by atoms with Crippen LogP contribution in [0.1, 0.15) is 40.5 Å².